The molecule has 1 heterocycles. The number of hydrogen-bond donors (Lipinski definition) is 1. The molecular formula is C11H7BrCl2N2. The Balaban J connectivity index is 2.34. The Morgan fingerprint density at radius 2 is 2.00 bits per heavy atom. The summed E-state index contributed by atoms with van der Waals surface area (Å²) in [6.07, 6.45) is 1.70. The summed E-state index contributed by atoms with van der Waals surface area (Å²) in [5.41, 5.74) is 0.730. The molecule has 0 aliphatic rings. The summed E-state index contributed by atoms with van der Waals surface area (Å²) in [5, 5.41) is 4.33. The fourth-order valence-corrected chi connectivity index (χ4v) is 1.89. The lowest BCUT2D eigenvalue weighted by atomic mass is 10.3. The summed E-state index contributed by atoms with van der Waals surface area (Å²) >= 11 is 15.3. The van der Waals surface area contributed by atoms with Gasteiger partial charge in [-0.2, -0.15) is 0 Å². The quantitative estimate of drug-likeness (QED) is 0.852. The van der Waals surface area contributed by atoms with Crippen LogP contribution < -0.4 is 5.32 Å². The largest absolute Gasteiger partial charge is 0.338 e. The number of halogens is 3. The third-order valence-electron chi connectivity index (χ3n) is 1.94. The van der Waals surface area contributed by atoms with Crippen LogP contribution in [0, 0.1) is 0 Å². The van der Waals surface area contributed by atoms with Crippen LogP contribution in [0.5, 0.6) is 0 Å². The summed E-state index contributed by atoms with van der Waals surface area (Å²) in [6.45, 7) is 0. The predicted octanol–water partition coefficient (Wildman–Crippen LogP) is 4.89. The molecule has 0 fully saturated rings. The fourth-order valence-electron chi connectivity index (χ4n) is 1.20. The van der Waals surface area contributed by atoms with Gasteiger partial charge in [-0.25, -0.2) is 4.98 Å². The lowest BCUT2D eigenvalue weighted by Crippen LogP contribution is -1.94. The highest BCUT2D eigenvalue weighted by molar-refractivity contribution is 9.10. The Morgan fingerprint density at radius 1 is 1.19 bits per heavy atom. The van der Waals surface area contributed by atoms with Crippen LogP contribution in [0.2, 0.25) is 10.0 Å². The van der Waals surface area contributed by atoms with Crippen molar-refractivity contribution in [2.24, 2.45) is 0 Å². The van der Waals surface area contributed by atoms with Gasteiger partial charge in [0.1, 0.15) is 5.82 Å². The molecule has 0 amide bonds. The van der Waals surface area contributed by atoms with Crippen molar-refractivity contribution in [2.45, 2.75) is 0 Å². The second-order valence-corrected chi connectivity index (χ2v) is 4.78. The molecule has 0 aliphatic carbocycles. The molecule has 0 atom stereocenters. The molecular weight excluding hydrogens is 311 g/mol. The summed E-state index contributed by atoms with van der Waals surface area (Å²) in [5.74, 6) is 0.701. The van der Waals surface area contributed by atoms with E-state index in [1.165, 1.54) is 0 Å². The normalized spacial score (nSPS) is 10.2. The zero-order valence-corrected chi connectivity index (χ0v) is 11.1. The third kappa shape index (κ3) is 2.67. The van der Waals surface area contributed by atoms with E-state index >= 15 is 0 Å². The first-order valence-corrected chi connectivity index (χ1v) is 6.04. The summed E-state index contributed by atoms with van der Waals surface area (Å²) < 4.78 is 0.867. The molecule has 0 saturated heterocycles. The number of rotatable bonds is 2. The summed E-state index contributed by atoms with van der Waals surface area (Å²) in [4.78, 5) is 4.18. The zero-order chi connectivity index (χ0) is 11.5. The molecule has 0 bridgehead atoms. The van der Waals surface area contributed by atoms with Gasteiger partial charge in [0, 0.05) is 11.2 Å². The standard InChI is InChI=1S/C11H7BrCl2N2/c12-8-2-1-5-15-11(8)16-10-6-7(13)3-4-9(10)14/h1-6H,(H,15,16). The molecule has 1 N–H and O–H groups in total. The number of nitrogens with zero attached hydrogens (tertiary/aromatic N) is 1. The molecule has 0 spiro atoms. The summed E-state index contributed by atoms with van der Waals surface area (Å²) in [7, 11) is 0. The molecule has 0 radical (unpaired) electrons. The zero-order valence-electron chi connectivity index (χ0n) is 8.05. The van der Waals surface area contributed by atoms with Crippen LogP contribution >= 0.6 is 39.1 Å². The monoisotopic (exact) mass is 316 g/mol. The van der Waals surface area contributed by atoms with Gasteiger partial charge in [-0.3, -0.25) is 0 Å². The van der Waals surface area contributed by atoms with E-state index in [-0.39, 0.29) is 0 Å². The molecule has 0 saturated carbocycles. The second kappa shape index (κ2) is 5.04. The Labute approximate surface area is 112 Å². The van der Waals surface area contributed by atoms with Gasteiger partial charge in [0.25, 0.3) is 0 Å². The number of aromatic nitrogens is 1. The minimum Gasteiger partial charge on any atom is -0.338 e. The first kappa shape index (κ1) is 11.7. The topological polar surface area (TPSA) is 24.9 Å². The first-order chi connectivity index (χ1) is 7.66. The molecule has 0 aliphatic heterocycles. The second-order valence-electron chi connectivity index (χ2n) is 3.08. The van der Waals surface area contributed by atoms with E-state index in [1.54, 1.807) is 24.4 Å². The van der Waals surface area contributed by atoms with Gasteiger partial charge in [-0.1, -0.05) is 23.2 Å². The van der Waals surface area contributed by atoms with Crippen molar-refractivity contribution in [3.63, 3.8) is 0 Å². The van der Waals surface area contributed by atoms with Crippen molar-refractivity contribution in [1.82, 2.24) is 4.98 Å². The van der Waals surface area contributed by atoms with Crippen LogP contribution in [0.25, 0.3) is 0 Å². The number of nitrogens with one attached hydrogen (secondary N) is 1. The average molecular weight is 318 g/mol. The Kier molecular flexibility index (Phi) is 3.69. The molecule has 1 aromatic carbocycles. The molecule has 2 rings (SSSR count). The van der Waals surface area contributed by atoms with E-state index in [4.69, 9.17) is 23.2 Å². The van der Waals surface area contributed by atoms with Crippen LogP contribution in [0.3, 0.4) is 0 Å². The highest BCUT2D eigenvalue weighted by Crippen LogP contribution is 2.30. The Bertz CT molecular complexity index is 517. The maximum atomic E-state index is 6.03. The molecule has 82 valence electrons. The van der Waals surface area contributed by atoms with E-state index in [2.05, 4.69) is 26.2 Å². The number of anilines is 2. The molecule has 16 heavy (non-hydrogen) atoms. The molecule has 2 nitrogen and oxygen atoms in total. The molecule has 0 unspecified atom stereocenters. The minimum absolute atomic E-state index is 0.599. The fraction of sp³-hybridized carbons (Fsp3) is 0. The van der Waals surface area contributed by atoms with Crippen LogP contribution in [-0.2, 0) is 0 Å². The van der Waals surface area contributed by atoms with Crippen molar-refractivity contribution in [3.8, 4) is 0 Å². The maximum Gasteiger partial charge on any atom is 0.144 e. The van der Waals surface area contributed by atoms with E-state index in [1.807, 2.05) is 12.1 Å². The number of benzene rings is 1. The average Bonchev–Trinajstić information content (AvgIpc) is 2.27. The van der Waals surface area contributed by atoms with E-state index in [9.17, 15) is 0 Å². The molecule has 1 aromatic heterocycles. The van der Waals surface area contributed by atoms with Gasteiger partial charge in [0.2, 0.25) is 0 Å². The predicted molar refractivity (Wildman–Crippen MR) is 71.7 cm³/mol. The lowest BCUT2D eigenvalue weighted by molar-refractivity contribution is 1.29. The van der Waals surface area contributed by atoms with E-state index < -0.39 is 0 Å². The van der Waals surface area contributed by atoms with Gasteiger partial charge in [0.15, 0.2) is 0 Å². The van der Waals surface area contributed by atoms with Gasteiger partial charge in [-0.05, 0) is 46.3 Å². The number of pyridine rings is 1. The first-order valence-electron chi connectivity index (χ1n) is 4.49. The third-order valence-corrected chi connectivity index (χ3v) is 3.14. The smallest absolute Gasteiger partial charge is 0.144 e. The van der Waals surface area contributed by atoms with Crippen molar-refractivity contribution < 1.29 is 0 Å². The number of hydrogen-bond acceptors (Lipinski definition) is 2. The van der Waals surface area contributed by atoms with Crippen LogP contribution in [0.15, 0.2) is 41.0 Å². The molecule has 5 heteroatoms. The van der Waals surface area contributed by atoms with Crippen molar-refractivity contribution in [2.75, 3.05) is 5.32 Å². The lowest BCUT2D eigenvalue weighted by Gasteiger charge is -2.09. The van der Waals surface area contributed by atoms with Gasteiger partial charge >= 0.3 is 0 Å². The molecule has 2 aromatic rings. The van der Waals surface area contributed by atoms with Gasteiger partial charge in [0.05, 0.1) is 15.2 Å². The van der Waals surface area contributed by atoms with Crippen LogP contribution in [0.1, 0.15) is 0 Å². The van der Waals surface area contributed by atoms with Crippen molar-refractivity contribution in [1.29, 1.82) is 0 Å². The summed E-state index contributed by atoms with van der Waals surface area (Å²) in [6, 6.07) is 8.97. The van der Waals surface area contributed by atoms with Crippen LogP contribution in [0.4, 0.5) is 11.5 Å². The Hall–Kier alpha value is -0.770. The SMILES string of the molecule is Clc1ccc(Cl)c(Nc2ncccc2Br)c1. The van der Waals surface area contributed by atoms with Crippen molar-refractivity contribution >= 4 is 50.6 Å². The van der Waals surface area contributed by atoms with Gasteiger partial charge < -0.3 is 5.32 Å². The highest BCUT2D eigenvalue weighted by atomic mass is 79.9. The van der Waals surface area contributed by atoms with E-state index in [0.29, 0.717) is 15.9 Å². The Morgan fingerprint density at radius 3 is 2.75 bits per heavy atom. The van der Waals surface area contributed by atoms with Crippen LogP contribution in [-0.4, -0.2) is 4.98 Å². The van der Waals surface area contributed by atoms with Gasteiger partial charge in [-0.15, -0.1) is 0 Å². The van der Waals surface area contributed by atoms with Crippen molar-refractivity contribution in [3.05, 3.63) is 51.0 Å². The highest BCUT2D eigenvalue weighted by Gasteiger charge is 2.04. The van der Waals surface area contributed by atoms with E-state index in [0.717, 1.165) is 10.2 Å². The minimum atomic E-state index is 0.599. The maximum absolute atomic E-state index is 6.03.